The van der Waals surface area contributed by atoms with E-state index in [1.54, 1.807) is 0 Å². The Kier molecular flexibility index (Phi) is 23.1. The zero-order valence-corrected chi connectivity index (χ0v) is 30.5. The quantitative estimate of drug-likeness (QED) is 0.0561. The average Bonchev–Trinajstić information content (AvgIpc) is 3.56. The molecule has 5 atom stereocenters. The normalized spacial score (nSPS) is 20.6. The molecule has 2 fully saturated rings. The molecule has 0 aromatic carbocycles. The van der Waals surface area contributed by atoms with Crippen LogP contribution in [0.5, 0.6) is 0 Å². The molecule has 0 aromatic heterocycles. The molecular formula is C40H75NO4. The van der Waals surface area contributed by atoms with Gasteiger partial charge in [-0.15, -0.1) is 0 Å². The Morgan fingerprint density at radius 1 is 0.556 bits per heavy atom. The first-order valence-electron chi connectivity index (χ1n) is 20.0. The van der Waals surface area contributed by atoms with E-state index in [0.29, 0.717) is 43.3 Å². The third-order valence-corrected chi connectivity index (χ3v) is 10.7. The van der Waals surface area contributed by atoms with Gasteiger partial charge in [0.05, 0.1) is 19.1 Å². The summed E-state index contributed by atoms with van der Waals surface area (Å²) in [6.07, 6.45) is 30.7. The number of piperidine rings is 1. The van der Waals surface area contributed by atoms with E-state index in [2.05, 4.69) is 32.7 Å². The van der Waals surface area contributed by atoms with Crippen molar-refractivity contribution in [1.82, 2.24) is 4.90 Å². The summed E-state index contributed by atoms with van der Waals surface area (Å²) in [4.78, 5) is 27.5. The van der Waals surface area contributed by atoms with Crippen molar-refractivity contribution < 1.29 is 19.1 Å². The molecule has 0 amide bonds. The summed E-state index contributed by atoms with van der Waals surface area (Å²) in [5.41, 5.74) is 0. The zero-order valence-electron chi connectivity index (χ0n) is 30.5. The summed E-state index contributed by atoms with van der Waals surface area (Å²) in [7, 11) is 2.16. The van der Waals surface area contributed by atoms with Crippen LogP contribution in [-0.4, -0.2) is 50.2 Å². The lowest BCUT2D eigenvalue weighted by Crippen LogP contribution is -2.24. The van der Waals surface area contributed by atoms with Gasteiger partial charge in [0.15, 0.2) is 0 Å². The Morgan fingerprint density at radius 2 is 0.956 bits per heavy atom. The molecule has 1 heterocycles. The molecule has 1 saturated carbocycles. The van der Waals surface area contributed by atoms with Gasteiger partial charge < -0.3 is 14.4 Å². The van der Waals surface area contributed by atoms with Crippen LogP contribution < -0.4 is 0 Å². The van der Waals surface area contributed by atoms with Gasteiger partial charge in [-0.1, -0.05) is 143 Å². The fourth-order valence-electron chi connectivity index (χ4n) is 7.62. The fourth-order valence-corrected chi connectivity index (χ4v) is 7.62. The first-order chi connectivity index (χ1) is 22.0. The SMILES string of the molecule is CCCCCCCCCCC(CCCCCCCCC(=O)OCC(CCCC)CCCCCC)COC(=O)C1[C@H]2CN(C)C[C@@H]12. The summed E-state index contributed by atoms with van der Waals surface area (Å²) in [5, 5.41) is 0. The third kappa shape index (κ3) is 18.7. The Bertz CT molecular complexity index is 730. The number of unbranched alkanes of at least 4 members (excludes halogenated alkanes) is 16. The average molecular weight is 634 g/mol. The highest BCUT2D eigenvalue weighted by atomic mass is 16.5. The Balaban J connectivity index is 1.55. The number of esters is 2. The van der Waals surface area contributed by atoms with Crippen molar-refractivity contribution in [3.8, 4) is 0 Å². The molecule has 0 spiro atoms. The van der Waals surface area contributed by atoms with Crippen molar-refractivity contribution in [2.45, 2.75) is 181 Å². The highest BCUT2D eigenvalue weighted by Gasteiger charge is 2.59. The third-order valence-electron chi connectivity index (χ3n) is 10.7. The minimum atomic E-state index is 0.00486. The van der Waals surface area contributed by atoms with Crippen LogP contribution in [0.15, 0.2) is 0 Å². The number of likely N-dealkylation sites (tertiary alicyclic amines) is 1. The van der Waals surface area contributed by atoms with Crippen LogP contribution in [-0.2, 0) is 19.1 Å². The number of hydrogen-bond acceptors (Lipinski definition) is 5. The number of nitrogens with zero attached hydrogens (tertiary/aromatic N) is 1. The van der Waals surface area contributed by atoms with Gasteiger partial charge in [0.1, 0.15) is 0 Å². The second-order valence-corrected chi connectivity index (χ2v) is 15.0. The maximum absolute atomic E-state index is 12.8. The van der Waals surface area contributed by atoms with E-state index in [0.717, 1.165) is 25.9 Å². The zero-order chi connectivity index (χ0) is 32.5. The molecule has 0 radical (unpaired) electrons. The van der Waals surface area contributed by atoms with Crippen LogP contribution >= 0.6 is 0 Å². The Labute approximate surface area is 279 Å². The van der Waals surface area contributed by atoms with Gasteiger partial charge in [0.2, 0.25) is 0 Å². The maximum Gasteiger partial charge on any atom is 0.309 e. The van der Waals surface area contributed by atoms with E-state index in [-0.39, 0.29) is 17.9 Å². The Morgan fingerprint density at radius 3 is 1.47 bits per heavy atom. The van der Waals surface area contributed by atoms with Gasteiger partial charge >= 0.3 is 11.9 Å². The van der Waals surface area contributed by atoms with Crippen molar-refractivity contribution in [1.29, 1.82) is 0 Å². The van der Waals surface area contributed by atoms with Crippen molar-refractivity contribution >= 4 is 11.9 Å². The molecule has 1 saturated heterocycles. The lowest BCUT2D eigenvalue weighted by Gasteiger charge is -2.18. The van der Waals surface area contributed by atoms with Gasteiger partial charge in [-0.25, -0.2) is 0 Å². The molecule has 5 heteroatoms. The molecule has 5 nitrogen and oxygen atoms in total. The number of ether oxygens (including phenoxy) is 2. The minimum absolute atomic E-state index is 0.00486. The van der Waals surface area contributed by atoms with Crippen LogP contribution in [0.2, 0.25) is 0 Å². The van der Waals surface area contributed by atoms with Crippen LogP contribution in [0.1, 0.15) is 181 Å². The number of carbonyl (C=O) groups excluding carboxylic acids is 2. The van der Waals surface area contributed by atoms with Crippen LogP contribution in [0.3, 0.4) is 0 Å². The van der Waals surface area contributed by atoms with Crippen LogP contribution in [0.25, 0.3) is 0 Å². The van der Waals surface area contributed by atoms with E-state index < -0.39 is 0 Å². The van der Waals surface area contributed by atoms with E-state index in [1.165, 1.54) is 141 Å². The van der Waals surface area contributed by atoms with E-state index in [1.807, 2.05) is 0 Å². The first-order valence-corrected chi connectivity index (χ1v) is 20.0. The number of rotatable bonds is 31. The Hall–Kier alpha value is -1.10. The van der Waals surface area contributed by atoms with Crippen molar-refractivity contribution in [3.05, 3.63) is 0 Å². The highest BCUT2D eigenvalue weighted by Crippen LogP contribution is 2.51. The summed E-state index contributed by atoms with van der Waals surface area (Å²) in [6.45, 7) is 10.1. The second-order valence-electron chi connectivity index (χ2n) is 15.0. The molecule has 2 rings (SSSR count). The standard InChI is InChI=1S/C40H75NO4/c1-5-8-11-13-14-15-18-22-27-35(33-45-40(43)39-36-30-41(4)31-37(36)39)28-23-19-16-17-20-24-29-38(42)44-32-34(25-10-7-3)26-21-12-9-6-2/h34-37,39H,5-33H2,1-4H3/t34?,35?,36-,37+,39?. The number of hydrogen-bond donors (Lipinski definition) is 0. The van der Waals surface area contributed by atoms with Crippen molar-refractivity contribution in [3.63, 3.8) is 0 Å². The van der Waals surface area contributed by atoms with Crippen molar-refractivity contribution in [2.75, 3.05) is 33.4 Å². The van der Waals surface area contributed by atoms with Crippen molar-refractivity contribution in [2.24, 2.45) is 29.6 Å². The molecule has 0 N–H and O–H groups in total. The van der Waals surface area contributed by atoms with Gasteiger partial charge in [0, 0.05) is 19.5 Å². The molecule has 45 heavy (non-hydrogen) atoms. The number of carbonyl (C=O) groups is 2. The first kappa shape index (κ1) is 40.1. The minimum Gasteiger partial charge on any atom is -0.465 e. The molecule has 0 bridgehead atoms. The van der Waals surface area contributed by atoms with Gasteiger partial charge in [-0.05, 0) is 62.8 Å². The largest absolute Gasteiger partial charge is 0.465 e. The summed E-state index contributed by atoms with van der Waals surface area (Å²) < 4.78 is 11.6. The maximum atomic E-state index is 12.8. The van der Waals surface area contributed by atoms with Crippen LogP contribution in [0.4, 0.5) is 0 Å². The smallest absolute Gasteiger partial charge is 0.309 e. The molecule has 0 aromatic rings. The van der Waals surface area contributed by atoms with Gasteiger partial charge in [0.25, 0.3) is 0 Å². The van der Waals surface area contributed by atoms with E-state index in [4.69, 9.17) is 9.47 Å². The molecule has 1 aliphatic heterocycles. The summed E-state index contributed by atoms with van der Waals surface area (Å²) in [6, 6.07) is 0. The molecule has 1 aliphatic carbocycles. The molecule has 264 valence electrons. The second kappa shape index (κ2) is 25.9. The summed E-state index contributed by atoms with van der Waals surface area (Å²) in [5.74, 6) is 2.44. The number of fused-ring (bicyclic) bond motifs is 1. The monoisotopic (exact) mass is 634 g/mol. The predicted molar refractivity (Wildman–Crippen MR) is 189 cm³/mol. The lowest BCUT2D eigenvalue weighted by molar-refractivity contribution is -0.148. The van der Waals surface area contributed by atoms with Gasteiger partial charge in [-0.3, -0.25) is 9.59 Å². The topological polar surface area (TPSA) is 55.8 Å². The molecular weight excluding hydrogens is 558 g/mol. The fraction of sp³-hybridized carbons (Fsp3) is 0.950. The molecule has 3 unspecified atom stereocenters. The lowest BCUT2D eigenvalue weighted by atomic mass is 9.94. The van der Waals surface area contributed by atoms with E-state index >= 15 is 0 Å². The molecule has 2 aliphatic rings. The van der Waals surface area contributed by atoms with Gasteiger partial charge in [-0.2, -0.15) is 0 Å². The highest BCUT2D eigenvalue weighted by molar-refractivity contribution is 5.77. The van der Waals surface area contributed by atoms with Crippen LogP contribution in [0, 0.1) is 29.6 Å². The summed E-state index contributed by atoms with van der Waals surface area (Å²) >= 11 is 0. The predicted octanol–water partition coefficient (Wildman–Crippen LogP) is 10.9. The van der Waals surface area contributed by atoms with E-state index in [9.17, 15) is 9.59 Å².